The Hall–Kier alpha value is -0.400. The van der Waals surface area contributed by atoms with E-state index in [2.05, 4.69) is 5.32 Å². The van der Waals surface area contributed by atoms with Crippen LogP contribution in [0.3, 0.4) is 0 Å². The van der Waals surface area contributed by atoms with Crippen LogP contribution in [0.15, 0.2) is 18.2 Å². The van der Waals surface area contributed by atoms with Gasteiger partial charge in [-0.25, -0.2) is 4.39 Å². The fourth-order valence-corrected chi connectivity index (χ4v) is 3.32. The van der Waals surface area contributed by atoms with Crippen molar-refractivity contribution in [1.29, 1.82) is 0 Å². The molecule has 0 bridgehead atoms. The Morgan fingerprint density at radius 1 is 1.40 bits per heavy atom. The maximum atomic E-state index is 13.0. The molecule has 1 aromatic rings. The Balaban J connectivity index is 0.00000200. The SMILES string of the molecule is Cl.NCC1CCCCC1NC(=O)c1ccc(F)cc1I. The van der Waals surface area contributed by atoms with Crippen LogP contribution in [0, 0.1) is 15.3 Å². The van der Waals surface area contributed by atoms with Crippen LogP contribution >= 0.6 is 35.0 Å². The van der Waals surface area contributed by atoms with Crippen LogP contribution < -0.4 is 11.1 Å². The summed E-state index contributed by atoms with van der Waals surface area (Å²) in [6.07, 6.45) is 4.36. The number of halogens is 3. The van der Waals surface area contributed by atoms with Crippen LogP contribution in [0.25, 0.3) is 0 Å². The molecule has 1 aliphatic rings. The fourth-order valence-electron chi connectivity index (χ4n) is 2.60. The molecule has 20 heavy (non-hydrogen) atoms. The number of nitrogens with two attached hydrogens (primary N) is 1. The first kappa shape index (κ1) is 17.7. The second kappa shape index (κ2) is 8.14. The van der Waals surface area contributed by atoms with Gasteiger partial charge in [-0.05, 0) is 66.1 Å². The minimum absolute atomic E-state index is 0. The van der Waals surface area contributed by atoms with Crippen molar-refractivity contribution in [1.82, 2.24) is 5.32 Å². The average Bonchev–Trinajstić information content (AvgIpc) is 2.39. The van der Waals surface area contributed by atoms with E-state index in [-0.39, 0.29) is 30.2 Å². The number of carbonyl (C=O) groups excluding carboxylic acids is 1. The van der Waals surface area contributed by atoms with Gasteiger partial charge in [-0.2, -0.15) is 0 Å². The minimum Gasteiger partial charge on any atom is -0.349 e. The van der Waals surface area contributed by atoms with Crippen molar-refractivity contribution in [2.45, 2.75) is 31.7 Å². The van der Waals surface area contributed by atoms with Crippen molar-refractivity contribution in [3.8, 4) is 0 Å². The van der Waals surface area contributed by atoms with Gasteiger partial charge in [0, 0.05) is 9.61 Å². The van der Waals surface area contributed by atoms with Gasteiger partial charge in [-0.1, -0.05) is 12.8 Å². The summed E-state index contributed by atoms with van der Waals surface area (Å²) < 4.78 is 13.7. The van der Waals surface area contributed by atoms with E-state index in [0.717, 1.165) is 19.3 Å². The van der Waals surface area contributed by atoms with Gasteiger partial charge in [0.25, 0.3) is 5.91 Å². The van der Waals surface area contributed by atoms with E-state index in [4.69, 9.17) is 5.73 Å². The topological polar surface area (TPSA) is 55.1 Å². The predicted octanol–water partition coefficient (Wildman–Crippen LogP) is 3.10. The van der Waals surface area contributed by atoms with Crippen molar-refractivity contribution in [2.75, 3.05) is 6.54 Å². The molecule has 0 aliphatic heterocycles. The molecule has 2 rings (SSSR count). The number of benzene rings is 1. The minimum atomic E-state index is -0.321. The zero-order valence-electron chi connectivity index (χ0n) is 11.1. The lowest BCUT2D eigenvalue weighted by Crippen LogP contribution is -2.44. The molecule has 1 aliphatic carbocycles. The molecule has 0 aromatic heterocycles. The molecular weight excluding hydrogens is 394 g/mol. The van der Waals surface area contributed by atoms with Gasteiger partial charge in [-0.3, -0.25) is 4.79 Å². The second-order valence-electron chi connectivity index (χ2n) is 4.98. The summed E-state index contributed by atoms with van der Waals surface area (Å²) in [7, 11) is 0. The summed E-state index contributed by atoms with van der Waals surface area (Å²) in [5.41, 5.74) is 6.29. The van der Waals surface area contributed by atoms with Gasteiger partial charge in [0.1, 0.15) is 5.82 Å². The smallest absolute Gasteiger partial charge is 0.252 e. The quantitative estimate of drug-likeness (QED) is 0.750. The number of amides is 1. The van der Waals surface area contributed by atoms with Crippen LogP contribution in [0.5, 0.6) is 0 Å². The molecule has 1 fully saturated rings. The van der Waals surface area contributed by atoms with Crippen molar-refractivity contribution >= 4 is 40.9 Å². The maximum absolute atomic E-state index is 13.0. The molecule has 3 nitrogen and oxygen atoms in total. The van der Waals surface area contributed by atoms with Crippen LogP contribution in [-0.2, 0) is 0 Å². The third kappa shape index (κ3) is 4.30. The lowest BCUT2D eigenvalue weighted by Gasteiger charge is -2.31. The van der Waals surface area contributed by atoms with Gasteiger partial charge >= 0.3 is 0 Å². The number of rotatable bonds is 3. The summed E-state index contributed by atoms with van der Waals surface area (Å²) in [6, 6.07) is 4.37. The van der Waals surface area contributed by atoms with E-state index in [1.807, 2.05) is 22.6 Å². The molecule has 1 aromatic carbocycles. The third-order valence-corrected chi connectivity index (χ3v) is 4.60. The molecule has 1 saturated carbocycles. The van der Waals surface area contributed by atoms with Crippen molar-refractivity contribution < 1.29 is 9.18 Å². The Morgan fingerprint density at radius 3 is 2.75 bits per heavy atom. The monoisotopic (exact) mass is 412 g/mol. The predicted molar refractivity (Wildman–Crippen MR) is 88.6 cm³/mol. The molecule has 0 saturated heterocycles. The van der Waals surface area contributed by atoms with Crippen molar-refractivity contribution in [3.05, 3.63) is 33.1 Å². The molecule has 0 heterocycles. The summed E-state index contributed by atoms with van der Waals surface area (Å²) in [5, 5.41) is 3.05. The zero-order valence-corrected chi connectivity index (χ0v) is 14.0. The summed E-state index contributed by atoms with van der Waals surface area (Å²) in [6.45, 7) is 0.603. The largest absolute Gasteiger partial charge is 0.349 e. The van der Waals surface area contributed by atoms with E-state index >= 15 is 0 Å². The number of hydrogen-bond acceptors (Lipinski definition) is 2. The lowest BCUT2D eigenvalue weighted by molar-refractivity contribution is 0.0907. The molecule has 112 valence electrons. The maximum Gasteiger partial charge on any atom is 0.252 e. The van der Waals surface area contributed by atoms with Crippen LogP contribution in [0.1, 0.15) is 36.0 Å². The standard InChI is InChI=1S/C14H18FIN2O.ClH/c15-10-5-6-11(12(16)7-10)14(19)18-13-4-2-1-3-9(13)8-17;/h5-7,9,13H,1-4,8,17H2,(H,18,19);1H. The second-order valence-corrected chi connectivity index (χ2v) is 6.15. The van der Waals surface area contributed by atoms with E-state index in [0.29, 0.717) is 21.6 Å². The molecule has 6 heteroatoms. The zero-order chi connectivity index (χ0) is 13.8. The highest BCUT2D eigenvalue weighted by molar-refractivity contribution is 14.1. The Morgan fingerprint density at radius 2 is 2.10 bits per heavy atom. The summed E-state index contributed by atoms with van der Waals surface area (Å²) in [5.74, 6) is -0.0935. The molecule has 2 atom stereocenters. The first-order valence-corrected chi connectivity index (χ1v) is 7.65. The van der Waals surface area contributed by atoms with Crippen LogP contribution in [0.4, 0.5) is 4.39 Å². The number of nitrogens with one attached hydrogen (secondary N) is 1. The molecule has 1 amide bonds. The molecule has 0 spiro atoms. The highest BCUT2D eigenvalue weighted by Gasteiger charge is 2.26. The summed E-state index contributed by atoms with van der Waals surface area (Å²) >= 11 is 1.98. The molecule has 3 N–H and O–H groups in total. The first-order valence-electron chi connectivity index (χ1n) is 6.58. The van der Waals surface area contributed by atoms with Gasteiger partial charge in [0.2, 0.25) is 0 Å². The highest BCUT2D eigenvalue weighted by atomic mass is 127. The lowest BCUT2D eigenvalue weighted by atomic mass is 9.84. The Labute approximate surface area is 138 Å². The number of hydrogen-bond donors (Lipinski definition) is 2. The van der Waals surface area contributed by atoms with Crippen LogP contribution in [-0.4, -0.2) is 18.5 Å². The Kier molecular flexibility index (Phi) is 7.19. The van der Waals surface area contributed by atoms with Crippen molar-refractivity contribution in [2.24, 2.45) is 11.7 Å². The first-order chi connectivity index (χ1) is 9.11. The Bertz CT molecular complexity index is 472. The molecular formula is C14H19ClFIN2O. The van der Waals surface area contributed by atoms with E-state index in [9.17, 15) is 9.18 Å². The molecule has 2 unspecified atom stereocenters. The van der Waals surface area contributed by atoms with Crippen molar-refractivity contribution in [3.63, 3.8) is 0 Å². The normalized spacial score (nSPS) is 21.9. The van der Waals surface area contributed by atoms with Gasteiger partial charge in [0.15, 0.2) is 0 Å². The number of carbonyl (C=O) groups is 1. The van der Waals surface area contributed by atoms with E-state index in [1.165, 1.54) is 24.6 Å². The van der Waals surface area contributed by atoms with Gasteiger partial charge in [-0.15, -0.1) is 12.4 Å². The van der Waals surface area contributed by atoms with Gasteiger partial charge in [0.05, 0.1) is 5.56 Å². The summed E-state index contributed by atoms with van der Waals surface area (Å²) in [4.78, 5) is 12.2. The van der Waals surface area contributed by atoms with E-state index < -0.39 is 0 Å². The molecule has 0 radical (unpaired) electrons. The van der Waals surface area contributed by atoms with E-state index in [1.54, 1.807) is 0 Å². The fraction of sp³-hybridized carbons (Fsp3) is 0.500. The van der Waals surface area contributed by atoms with Gasteiger partial charge < -0.3 is 11.1 Å². The highest BCUT2D eigenvalue weighted by Crippen LogP contribution is 2.24. The third-order valence-electron chi connectivity index (χ3n) is 3.70. The van der Waals surface area contributed by atoms with Crippen LogP contribution in [0.2, 0.25) is 0 Å². The average molecular weight is 413 g/mol.